The van der Waals surface area contributed by atoms with Gasteiger partial charge in [-0.2, -0.15) is 0 Å². The van der Waals surface area contributed by atoms with Gasteiger partial charge in [-0.25, -0.2) is 0 Å². The van der Waals surface area contributed by atoms with Crippen LogP contribution in [0.1, 0.15) is 5.01 Å². The van der Waals surface area contributed by atoms with Gasteiger partial charge in [0, 0.05) is 0 Å². The van der Waals surface area contributed by atoms with Crippen LogP contribution in [0.2, 0.25) is 7.43 Å². The van der Waals surface area contributed by atoms with Crippen molar-refractivity contribution >= 4 is 50.8 Å². The first-order chi connectivity index (χ1) is 8.16. The normalized spacial score (nSPS) is 11.2. The van der Waals surface area contributed by atoms with Gasteiger partial charge in [0.15, 0.2) is 0 Å². The molecule has 3 aromatic rings. The van der Waals surface area contributed by atoms with E-state index in [-0.39, 0.29) is 0 Å². The maximum absolute atomic E-state index is 6.41. The third kappa shape index (κ3) is 1.44. The molecule has 0 amide bonds. The van der Waals surface area contributed by atoms with Crippen molar-refractivity contribution in [3.63, 3.8) is 0 Å². The van der Waals surface area contributed by atoms with Crippen molar-refractivity contribution in [3.8, 4) is 0 Å². The molecule has 0 saturated carbocycles. The number of hydrogen-bond donors (Lipinski definition) is 0. The Kier molecular flexibility index (Phi) is 2.03. The van der Waals surface area contributed by atoms with E-state index in [9.17, 15) is 0 Å². The summed E-state index contributed by atoms with van der Waals surface area (Å²) in [5.41, 5.74) is 1.13. The van der Waals surface area contributed by atoms with Gasteiger partial charge in [0.25, 0.3) is 0 Å². The van der Waals surface area contributed by atoms with Crippen molar-refractivity contribution < 1.29 is 0 Å². The van der Waals surface area contributed by atoms with Crippen molar-refractivity contribution in [1.82, 2.24) is 4.98 Å². The van der Waals surface area contributed by atoms with Crippen LogP contribution in [0.4, 0.5) is 0 Å². The molecule has 0 aliphatic rings. The van der Waals surface area contributed by atoms with Gasteiger partial charge in [-0.3, -0.25) is 0 Å². The molecule has 0 fully saturated rings. The van der Waals surface area contributed by atoms with E-state index >= 15 is 0 Å². The molecule has 17 heavy (non-hydrogen) atoms. The van der Waals surface area contributed by atoms with Crippen LogP contribution < -0.4 is 6.07 Å². The topological polar surface area (TPSA) is 12.9 Å². The molecular weight excluding hydrogens is 500 g/mol. The van der Waals surface area contributed by atoms with Crippen LogP contribution in [0.25, 0.3) is 21.0 Å². The quantitative estimate of drug-likeness (QED) is 0.478. The van der Waals surface area contributed by atoms with Gasteiger partial charge >= 0.3 is 105 Å². The van der Waals surface area contributed by atoms with E-state index in [2.05, 4.69) is 49.7 Å². The third-order valence-corrected chi connectivity index (χ3v) is 7.01. The molecule has 0 atom stereocenters. The van der Waals surface area contributed by atoms with E-state index in [1.54, 1.807) is 11.3 Å². The predicted octanol–water partition coefficient (Wildman–Crippen LogP) is 4.21. The van der Waals surface area contributed by atoms with Crippen LogP contribution in [-0.2, 0) is 0 Å². The molecule has 2 aromatic carbocycles. The molecule has 0 radical (unpaired) electrons. The summed E-state index contributed by atoms with van der Waals surface area (Å²) in [6.07, 6.45) is 0. The van der Waals surface area contributed by atoms with Gasteiger partial charge in [0.1, 0.15) is 0 Å². The Balaban J connectivity index is 2.53. The summed E-state index contributed by atoms with van der Waals surface area (Å²) in [6.45, 7) is 2.06. The first-order valence-corrected chi connectivity index (χ1v) is 11.7. The molecule has 3 rings (SSSR count). The maximum atomic E-state index is 6.41. The molecule has 0 aliphatic heterocycles. The number of halogens is 1. The summed E-state index contributed by atoms with van der Waals surface area (Å²) in [7, 11) is 2.16. The number of benzene rings is 2. The van der Waals surface area contributed by atoms with E-state index in [0.717, 1.165) is 10.5 Å². The molecule has 96 valence electrons. The van der Waals surface area contributed by atoms with Crippen LogP contribution in [0.5, 0.6) is 0 Å². The fourth-order valence-corrected chi connectivity index (χ4v) is 5.54. The second-order valence-corrected chi connectivity index (χ2v) is 11.1. The number of hydrogen-bond acceptors (Lipinski definition) is 2. The van der Waals surface area contributed by atoms with Crippen molar-refractivity contribution in [1.29, 1.82) is 0 Å². The molecule has 4 heteroatoms. The Morgan fingerprint density at radius 1 is 1.24 bits per heavy atom. The van der Waals surface area contributed by atoms with Gasteiger partial charge in [0.05, 0.1) is 0 Å². The SMILES string of the molecule is Cc1nc2c(ccc3ccc[c]([Lr]([CH3])[Cl])c32)s1. The van der Waals surface area contributed by atoms with Crippen molar-refractivity contribution in [2.24, 2.45) is 0 Å². The van der Waals surface area contributed by atoms with Crippen LogP contribution in [-0.4, -0.2) is 4.98 Å². The van der Waals surface area contributed by atoms with Gasteiger partial charge in [0.2, 0.25) is 0 Å². The zero-order valence-electron chi connectivity index (χ0n) is 9.38. The first kappa shape index (κ1) is 10.1. The van der Waals surface area contributed by atoms with Gasteiger partial charge in [-0.1, -0.05) is 0 Å². The fourth-order valence-electron chi connectivity index (χ4n) is 1.94. The van der Waals surface area contributed by atoms with Crippen LogP contribution >= 0.6 is 23.7 Å². The molecule has 1 nitrogen and oxygen atoms in total. The summed E-state index contributed by atoms with van der Waals surface area (Å²) in [5, 5.41) is 3.64. The van der Waals surface area contributed by atoms with Crippen molar-refractivity contribution in [3.05, 3.63) is 35.3 Å². The standard InChI is InChI=1S/C12H8NS.CH3.ClH.Lr/c1-8-13-12-10-5-3-2-4-9(10)6-7-11(12)14-8;;;/h2-4,6-7H,1H3;1H3;1H;/q;;;+1/p-1. The Morgan fingerprint density at radius 2 is 2.06 bits per heavy atom. The molecule has 0 aliphatic carbocycles. The van der Waals surface area contributed by atoms with Gasteiger partial charge in [-0.15, -0.1) is 0 Å². The van der Waals surface area contributed by atoms with Crippen LogP contribution in [0.3, 0.4) is 0 Å². The number of rotatable bonds is 1. The second kappa shape index (κ2) is 3.44. The van der Waals surface area contributed by atoms with E-state index in [0.29, 0.717) is 0 Å². The van der Waals surface area contributed by atoms with E-state index in [4.69, 9.17) is 12.4 Å². The Labute approximate surface area is 106 Å². The van der Waals surface area contributed by atoms with Gasteiger partial charge in [-0.05, 0) is 0 Å². The molecule has 1 heterocycles. The minimum atomic E-state index is -1.43. The first-order valence-electron chi connectivity index (χ1n) is 5.00. The predicted molar refractivity (Wildman–Crippen MR) is 73.2 cm³/mol. The number of thiazole rings is 1. The monoisotopic (exact) mass is 510 g/mol. The molecule has 1 aromatic heterocycles. The average molecular weight is 511 g/mol. The summed E-state index contributed by atoms with van der Waals surface area (Å²) in [6, 6.07) is 12.0. The molecular formula is C13H11ClLrNS. The summed E-state index contributed by atoms with van der Waals surface area (Å²) in [4.78, 5) is 4.67. The molecule has 0 N–H and O–H groups in total. The Hall–Kier alpha value is -2.12. The molecule has 0 bridgehead atoms. The van der Waals surface area contributed by atoms with E-state index < -0.39 is 0 Å². The van der Waals surface area contributed by atoms with Crippen molar-refractivity contribution in [2.45, 2.75) is 14.4 Å². The molecule has 0 unspecified atom stereocenters. The number of aromatic nitrogens is 1. The zero-order valence-corrected chi connectivity index (χ0v) is 13.1. The van der Waals surface area contributed by atoms with Crippen molar-refractivity contribution in [2.75, 3.05) is 0 Å². The number of nitrogens with zero attached hydrogens (tertiary/aromatic N) is 1. The number of fused-ring (bicyclic) bond motifs is 3. The summed E-state index contributed by atoms with van der Waals surface area (Å²) < 4.78 is -0.169. The third-order valence-electron chi connectivity index (χ3n) is 2.60. The van der Waals surface area contributed by atoms with Crippen LogP contribution in [0.15, 0.2) is 30.3 Å². The van der Waals surface area contributed by atoms with E-state index in [1.165, 1.54) is 21.5 Å². The number of aryl methyl sites for hydroxylation is 1. The minimum absolute atomic E-state index is 1.12. The zero-order chi connectivity index (χ0) is 12.0. The van der Waals surface area contributed by atoms with Gasteiger partial charge < -0.3 is 0 Å². The Bertz CT molecular complexity index is 705. The summed E-state index contributed by atoms with van der Waals surface area (Å²) >= 11 is 8.16. The molecule has 0 saturated heterocycles. The summed E-state index contributed by atoms with van der Waals surface area (Å²) in [5.74, 6) is 0. The molecule has 0 spiro atoms. The fraction of sp³-hybridized carbons (Fsp3) is 0.154. The van der Waals surface area contributed by atoms with E-state index in [1.807, 2.05) is 0 Å². The van der Waals surface area contributed by atoms with Crippen LogP contribution in [0, 0.1) is 6.92 Å². The average Bonchev–Trinajstić information content (AvgIpc) is 2.68. The Morgan fingerprint density at radius 3 is 2.82 bits per heavy atom. The second-order valence-electron chi connectivity index (χ2n) is 3.69.